The van der Waals surface area contributed by atoms with Gasteiger partial charge < -0.3 is 10.7 Å². The van der Waals surface area contributed by atoms with Gasteiger partial charge in [-0.2, -0.15) is 0 Å². The number of carbonyl (C=O) groups is 1. The van der Waals surface area contributed by atoms with Crippen molar-refractivity contribution < 1.29 is 4.79 Å². The van der Waals surface area contributed by atoms with Gasteiger partial charge in [-0.15, -0.1) is 0 Å². The number of ketones is 1. The highest BCUT2D eigenvalue weighted by molar-refractivity contribution is 6.43. The van der Waals surface area contributed by atoms with E-state index >= 15 is 0 Å². The van der Waals surface area contributed by atoms with Crippen LogP contribution < -0.4 is 5.73 Å². The van der Waals surface area contributed by atoms with Crippen molar-refractivity contribution in [3.05, 3.63) is 46.0 Å². The molecule has 2 aromatic rings. The molecule has 0 amide bonds. The monoisotopic (exact) mass is 269 g/mol. The van der Waals surface area contributed by atoms with E-state index in [0.29, 0.717) is 17.1 Å². The number of hydrogen-bond acceptors (Lipinski definition) is 3. The van der Waals surface area contributed by atoms with E-state index in [2.05, 4.69) is 9.97 Å². The third-order valence-electron chi connectivity index (χ3n) is 2.26. The standard InChI is InChI=1S/C11H9Cl2N3O/c12-7-3-6(4-8(14)11(7)13)9(17)5-10-15-1-2-16-10/h1-4H,5,14H2,(H,15,16). The van der Waals surface area contributed by atoms with Crippen molar-refractivity contribution in [2.75, 3.05) is 5.73 Å². The van der Waals surface area contributed by atoms with E-state index < -0.39 is 0 Å². The maximum absolute atomic E-state index is 11.9. The number of nitrogens with two attached hydrogens (primary N) is 1. The Morgan fingerprint density at radius 1 is 1.41 bits per heavy atom. The number of benzene rings is 1. The van der Waals surface area contributed by atoms with Gasteiger partial charge in [-0.1, -0.05) is 23.2 Å². The van der Waals surface area contributed by atoms with Crippen LogP contribution in [0.3, 0.4) is 0 Å². The fourth-order valence-corrected chi connectivity index (χ4v) is 1.76. The molecule has 0 spiro atoms. The predicted molar refractivity (Wildman–Crippen MR) is 67.5 cm³/mol. The first-order valence-electron chi connectivity index (χ1n) is 4.84. The molecule has 17 heavy (non-hydrogen) atoms. The molecule has 0 bridgehead atoms. The number of rotatable bonds is 3. The molecule has 0 aliphatic rings. The summed E-state index contributed by atoms with van der Waals surface area (Å²) in [7, 11) is 0. The topological polar surface area (TPSA) is 71.8 Å². The lowest BCUT2D eigenvalue weighted by molar-refractivity contribution is 0.0991. The minimum absolute atomic E-state index is 0.120. The smallest absolute Gasteiger partial charge is 0.170 e. The lowest BCUT2D eigenvalue weighted by Crippen LogP contribution is -2.06. The van der Waals surface area contributed by atoms with Crippen molar-refractivity contribution in [2.45, 2.75) is 6.42 Å². The molecular weight excluding hydrogens is 261 g/mol. The van der Waals surface area contributed by atoms with Crippen LogP contribution in [0.1, 0.15) is 16.2 Å². The Labute approximate surface area is 108 Å². The Kier molecular flexibility index (Phi) is 3.36. The van der Waals surface area contributed by atoms with E-state index in [-0.39, 0.29) is 22.2 Å². The number of imidazole rings is 1. The van der Waals surface area contributed by atoms with Crippen molar-refractivity contribution in [1.29, 1.82) is 0 Å². The minimum atomic E-state index is -0.120. The third-order valence-corrected chi connectivity index (χ3v) is 3.08. The summed E-state index contributed by atoms with van der Waals surface area (Å²) in [5.41, 5.74) is 6.36. The van der Waals surface area contributed by atoms with Crippen LogP contribution in [-0.4, -0.2) is 15.8 Å². The van der Waals surface area contributed by atoms with Crippen LogP contribution in [0.15, 0.2) is 24.5 Å². The lowest BCUT2D eigenvalue weighted by atomic mass is 10.1. The summed E-state index contributed by atoms with van der Waals surface area (Å²) >= 11 is 11.7. The number of nitrogens with one attached hydrogen (secondary N) is 1. The van der Waals surface area contributed by atoms with Gasteiger partial charge in [-0.05, 0) is 12.1 Å². The van der Waals surface area contributed by atoms with Gasteiger partial charge in [-0.3, -0.25) is 4.79 Å². The summed E-state index contributed by atoms with van der Waals surface area (Å²) in [6, 6.07) is 3.02. The summed E-state index contributed by atoms with van der Waals surface area (Å²) in [5, 5.41) is 0.538. The molecule has 4 nitrogen and oxygen atoms in total. The maximum Gasteiger partial charge on any atom is 0.170 e. The number of nitrogen functional groups attached to an aromatic ring is 1. The number of aromatic amines is 1. The number of halogens is 2. The van der Waals surface area contributed by atoms with E-state index in [9.17, 15) is 4.79 Å². The van der Waals surface area contributed by atoms with Crippen molar-refractivity contribution in [3.8, 4) is 0 Å². The van der Waals surface area contributed by atoms with Gasteiger partial charge in [0.2, 0.25) is 0 Å². The maximum atomic E-state index is 11.9. The fourth-order valence-electron chi connectivity index (χ4n) is 1.42. The average Bonchev–Trinajstić information content (AvgIpc) is 2.77. The normalized spacial score (nSPS) is 10.5. The Hall–Kier alpha value is -1.52. The Morgan fingerprint density at radius 2 is 2.18 bits per heavy atom. The Bertz CT molecular complexity index is 529. The second-order valence-electron chi connectivity index (χ2n) is 3.50. The lowest BCUT2D eigenvalue weighted by Gasteiger charge is -2.04. The molecule has 0 aliphatic carbocycles. The molecule has 3 N–H and O–H groups in total. The summed E-state index contributed by atoms with van der Waals surface area (Å²) < 4.78 is 0. The number of Topliss-reactive ketones (excluding diaryl/α,β-unsaturated/α-hetero) is 1. The third kappa shape index (κ3) is 2.60. The molecule has 2 rings (SSSR count). The number of carbonyl (C=O) groups excluding carboxylic acids is 1. The SMILES string of the molecule is Nc1cc(C(=O)Cc2ncc[nH]2)cc(Cl)c1Cl. The molecule has 0 fully saturated rings. The van der Waals surface area contributed by atoms with Crippen molar-refractivity contribution >= 4 is 34.7 Å². The highest BCUT2D eigenvalue weighted by Crippen LogP contribution is 2.29. The number of nitrogens with zero attached hydrogens (tertiary/aromatic N) is 1. The van der Waals surface area contributed by atoms with Crippen LogP contribution in [0.2, 0.25) is 10.0 Å². The summed E-state index contributed by atoms with van der Waals surface area (Å²) in [6.07, 6.45) is 3.42. The van der Waals surface area contributed by atoms with Gasteiger partial charge in [0, 0.05) is 18.0 Å². The van der Waals surface area contributed by atoms with Crippen LogP contribution in [0, 0.1) is 0 Å². The summed E-state index contributed by atoms with van der Waals surface area (Å²) in [4.78, 5) is 18.7. The van der Waals surface area contributed by atoms with Gasteiger partial charge in [0.1, 0.15) is 5.82 Å². The molecular formula is C11H9Cl2N3O. The first-order valence-corrected chi connectivity index (χ1v) is 5.59. The Balaban J connectivity index is 2.26. The van der Waals surface area contributed by atoms with Crippen LogP contribution in [-0.2, 0) is 6.42 Å². The highest BCUT2D eigenvalue weighted by Gasteiger charge is 2.12. The first kappa shape index (κ1) is 12.0. The molecule has 1 aromatic carbocycles. The summed E-state index contributed by atoms with van der Waals surface area (Å²) in [5.74, 6) is 0.477. The van der Waals surface area contributed by atoms with E-state index in [4.69, 9.17) is 28.9 Å². The highest BCUT2D eigenvalue weighted by atomic mass is 35.5. The first-order chi connectivity index (χ1) is 8.08. The van der Waals surface area contributed by atoms with E-state index in [1.165, 1.54) is 12.1 Å². The molecule has 0 radical (unpaired) electrons. The summed E-state index contributed by atoms with van der Waals surface area (Å²) in [6.45, 7) is 0. The Morgan fingerprint density at radius 3 is 2.76 bits per heavy atom. The van der Waals surface area contributed by atoms with Gasteiger partial charge in [0.05, 0.1) is 22.2 Å². The van der Waals surface area contributed by atoms with Crippen molar-refractivity contribution in [2.24, 2.45) is 0 Å². The van der Waals surface area contributed by atoms with Gasteiger partial charge >= 0.3 is 0 Å². The quantitative estimate of drug-likeness (QED) is 0.665. The van der Waals surface area contributed by atoms with Crippen LogP contribution in [0.5, 0.6) is 0 Å². The number of aromatic nitrogens is 2. The predicted octanol–water partition coefficient (Wildman–Crippen LogP) is 2.72. The number of hydrogen-bond donors (Lipinski definition) is 2. The zero-order valence-corrected chi connectivity index (χ0v) is 10.2. The molecule has 6 heteroatoms. The van der Waals surface area contributed by atoms with Gasteiger partial charge in [0.15, 0.2) is 5.78 Å². The molecule has 0 unspecified atom stereocenters. The van der Waals surface area contributed by atoms with Crippen LogP contribution in [0.4, 0.5) is 5.69 Å². The second-order valence-corrected chi connectivity index (χ2v) is 4.28. The zero-order chi connectivity index (χ0) is 12.4. The van der Waals surface area contributed by atoms with Crippen molar-refractivity contribution in [1.82, 2.24) is 9.97 Å². The second kappa shape index (κ2) is 4.77. The molecule has 0 aliphatic heterocycles. The van der Waals surface area contributed by atoms with E-state index in [0.717, 1.165) is 0 Å². The number of anilines is 1. The van der Waals surface area contributed by atoms with Crippen molar-refractivity contribution in [3.63, 3.8) is 0 Å². The van der Waals surface area contributed by atoms with Crippen LogP contribution >= 0.6 is 23.2 Å². The molecule has 0 atom stereocenters. The van der Waals surface area contributed by atoms with E-state index in [1.54, 1.807) is 12.4 Å². The molecule has 0 saturated carbocycles. The molecule has 88 valence electrons. The molecule has 0 saturated heterocycles. The molecule has 1 heterocycles. The largest absolute Gasteiger partial charge is 0.397 e. The van der Waals surface area contributed by atoms with Gasteiger partial charge in [0.25, 0.3) is 0 Å². The van der Waals surface area contributed by atoms with E-state index in [1.807, 2.05) is 0 Å². The number of H-pyrrole nitrogens is 1. The zero-order valence-electron chi connectivity index (χ0n) is 8.71. The minimum Gasteiger partial charge on any atom is -0.397 e. The average molecular weight is 270 g/mol. The van der Waals surface area contributed by atoms with Crippen LogP contribution in [0.25, 0.3) is 0 Å². The van der Waals surface area contributed by atoms with Gasteiger partial charge in [-0.25, -0.2) is 4.98 Å². The fraction of sp³-hybridized carbons (Fsp3) is 0.0909. The molecule has 1 aromatic heterocycles.